The van der Waals surface area contributed by atoms with Crippen LogP contribution < -0.4 is 9.47 Å². The Bertz CT molecular complexity index is 753. The number of halogens is 3. The lowest BCUT2D eigenvalue weighted by molar-refractivity contribution is -0.149. The van der Waals surface area contributed by atoms with Crippen LogP contribution in [0.1, 0.15) is 38.3 Å². The minimum Gasteiger partial charge on any atom is -0.490 e. The Morgan fingerprint density at radius 3 is 2.04 bits per heavy atom. The highest BCUT2D eigenvalue weighted by molar-refractivity contribution is 5.70. The van der Waals surface area contributed by atoms with Gasteiger partial charge in [0.1, 0.15) is 24.2 Å². The van der Waals surface area contributed by atoms with E-state index >= 15 is 0 Å². The molecule has 7 heteroatoms. The number of hydrogen-bond acceptors (Lipinski definition) is 4. The molecule has 2 rings (SSSR count). The lowest BCUT2D eigenvalue weighted by Crippen LogP contribution is -2.21. The predicted molar refractivity (Wildman–Crippen MR) is 98.2 cm³/mol. The highest BCUT2D eigenvalue weighted by Crippen LogP contribution is 2.29. The summed E-state index contributed by atoms with van der Waals surface area (Å²) < 4.78 is 54.0. The third-order valence-electron chi connectivity index (χ3n) is 3.67. The zero-order chi connectivity index (χ0) is 20.7. The Morgan fingerprint density at radius 1 is 0.929 bits per heavy atom. The van der Waals surface area contributed by atoms with Gasteiger partial charge < -0.3 is 14.2 Å². The third kappa shape index (κ3) is 7.13. The lowest BCUT2D eigenvalue weighted by atomic mass is 10.1. The van der Waals surface area contributed by atoms with Crippen LogP contribution in [0.4, 0.5) is 13.2 Å². The topological polar surface area (TPSA) is 44.8 Å². The second-order valence-corrected chi connectivity index (χ2v) is 6.63. The van der Waals surface area contributed by atoms with Crippen molar-refractivity contribution in [2.45, 2.75) is 52.2 Å². The van der Waals surface area contributed by atoms with Gasteiger partial charge in [-0.05, 0) is 62.7 Å². The van der Waals surface area contributed by atoms with E-state index in [0.717, 1.165) is 12.1 Å². The van der Waals surface area contributed by atoms with E-state index in [4.69, 9.17) is 14.2 Å². The van der Waals surface area contributed by atoms with Crippen molar-refractivity contribution in [1.82, 2.24) is 0 Å². The first-order valence-electron chi connectivity index (χ1n) is 8.88. The highest BCUT2D eigenvalue weighted by Gasteiger charge is 2.29. The summed E-state index contributed by atoms with van der Waals surface area (Å²) >= 11 is 0. The van der Waals surface area contributed by atoms with E-state index in [2.05, 4.69) is 0 Å². The molecule has 0 N–H and O–H groups in total. The molecule has 0 fully saturated rings. The molecule has 28 heavy (non-hydrogen) atoms. The average molecular weight is 396 g/mol. The SMILES string of the molecule is CC(C)OC(=O)CC(C)Oc1ccc(OCc2ccc(C(F)(F)F)cc2)cc1. The van der Waals surface area contributed by atoms with Crippen LogP contribution >= 0.6 is 0 Å². The normalized spacial score (nSPS) is 12.5. The van der Waals surface area contributed by atoms with Crippen LogP contribution in [0.5, 0.6) is 11.5 Å². The molecule has 0 saturated heterocycles. The van der Waals surface area contributed by atoms with Crippen LogP contribution in [0.2, 0.25) is 0 Å². The molecule has 0 amide bonds. The van der Waals surface area contributed by atoms with Crippen molar-refractivity contribution in [2.24, 2.45) is 0 Å². The van der Waals surface area contributed by atoms with E-state index < -0.39 is 11.7 Å². The summed E-state index contributed by atoms with van der Waals surface area (Å²) in [5, 5.41) is 0. The van der Waals surface area contributed by atoms with Crippen molar-refractivity contribution in [1.29, 1.82) is 0 Å². The molecule has 0 bridgehead atoms. The molecule has 152 valence electrons. The Morgan fingerprint density at radius 2 is 1.50 bits per heavy atom. The van der Waals surface area contributed by atoms with E-state index in [-0.39, 0.29) is 31.2 Å². The van der Waals surface area contributed by atoms with Gasteiger partial charge in [-0.15, -0.1) is 0 Å². The molecule has 1 atom stereocenters. The number of alkyl halides is 3. The molecule has 2 aromatic carbocycles. The van der Waals surface area contributed by atoms with Crippen molar-refractivity contribution >= 4 is 5.97 Å². The van der Waals surface area contributed by atoms with E-state index in [1.165, 1.54) is 12.1 Å². The monoisotopic (exact) mass is 396 g/mol. The predicted octanol–water partition coefficient (Wildman–Crippen LogP) is 5.39. The summed E-state index contributed by atoms with van der Waals surface area (Å²) in [6, 6.07) is 11.6. The summed E-state index contributed by atoms with van der Waals surface area (Å²) in [6.45, 7) is 5.49. The summed E-state index contributed by atoms with van der Waals surface area (Å²) in [4.78, 5) is 11.6. The van der Waals surface area contributed by atoms with E-state index in [0.29, 0.717) is 17.1 Å². The Balaban J connectivity index is 1.83. The molecule has 0 heterocycles. The standard InChI is InChI=1S/C21H23F3O4/c1-14(2)27-20(25)12-15(3)28-19-10-8-18(9-11-19)26-13-16-4-6-17(7-5-16)21(22,23)24/h4-11,14-15H,12-13H2,1-3H3. The van der Waals surface area contributed by atoms with Gasteiger partial charge in [-0.2, -0.15) is 13.2 Å². The van der Waals surface area contributed by atoms with Crippen LogP contribution in [0.15, 0.2) is 48.5 Å². The molecule has 0 aliphatic carbocycles. The molecule has 0 spiro atoms. The number of ether oxygens (including phenoxy) is 3. The minimum atomic E-state index is -4.35. The highest BCUT2D eigenvalue weighted by atomic mass is 19.4. The second kappa shape index (κ2) is 9.48. The van der Waals surface area contributed by atoms with Gasteiger partial charge >= 0.3 is 12.1 Å². The molecular formula is C21H23F3O4. The average Bonchev–Trinajstić information content (AvgIpc) is 2.60. The van der Waals surface area contributed by atoms with Crippen LogP contribution in [-0.4, -0.2) is 18.2 Å². The molecule has 2 aromatic rings. The smallest absolute Gasteiger partial charge is 0.416 e. The number of hydrogen-bond donors (Lipinski definition) is 0. The maximum atomic E-state index is 12.6. The molecule has 0 saturated carbocycles. The Labute approximate surface area is 162 Å². The summed E-state index contributed by atoms with van der Waals surface area (Å²) in [6.07, 6.45) is -4.71. The van der Waals surface area contributed by atoms with E-state index in [1.54, 1.807) is 45.0 Å². The van der Waals surface area contributed by atoms with Crippen molar-refractivity contribution in [3.63, 3.8) is 0 Å². The fourth-order valence-electron chi connectivity index (χ4n) is 2.39. The van der Waals surface area contributed by atoms with Crippen molar-refractivity contribution in [3.05, 3.63) is 59.7 Å². The number of carbonyl (C=O) groups excluding carboxylic acids is 1. The molecular weight excluding hydrogens is 373 g/mol. The summed E-state index contributed by atoms with van der Waals surface area (Å²) in [7, 11) is 0. The van der Waals surface area contributed by atoms with Gasteiger partial charge in [-0.1, -0.05) is 12.1 Å². The van der Waals surface area contributed by atoms with Gasteiger partial charge in [-0.25, -0.2) is 0 Å². The van der Waals surface area contributed by atoms with Gasteiger partial charge in [0.15, 0.2) is 0 Å². The Kier molecular flexibility index (Phi) is 7.31. The van der Waals surface area contributed by atoms with E-state index in [9.17, 15) is 18.0 Å². The minimum absolute atomic E-state index is 0.143. The molecule has 1 unspecified atom stereocenters. The fraction of sp³-hybridized carbons (Fsp3) is 0.381. The zero-order valence-electron chi connectivity index (χ0n) is 16.0. The fourth-order valence-corrected chi connectivity index (χ4v) is 2.39. The first-order chi connectivity index (χ1) is 13.1. The van der Waals surface area contributed by atoms with Gasteiger partial charge in [0, 0.05) is 0 Å². The van der Waals surface area contributed by atoms with Crippen LogP contribution in [0.25, 0.3) is 0 Å². The van der Waals surface area contributed by atoms with Gasteiger partial charge in [0.05, 0.1) is 18.1 Å². The first kappa shape index (κ1) is 21.6. The first-order valence-corrected chi connectivity index (χ1v) is 8.88. The third-order valence-corrected chi connectivity index (χ3v) is 3.67. The van der Waals surface area contributed by atoms with Gasteiger partial charge in [0.2, 0.25) is 0 Å². The quantitative estimate of drug-likeness (QED) is 0.561. The number of rotatable bonds is 8. The molecule has 0 radical (unpaired) electrons. The van der Waals surface area contributed by atoms with Gasteiger partial charge in [-0.3, -0.25) is 4.79 Å². The maximum absolute atomic E-state index is 12.6. The maximum Gasteiger partial charge on any atom is 0.416 e. The van der Waals surface area contributed by atoms with Crippen LogP contribution in [0, 0.1) is 0 Å². The van der Waals surface area contributed by atoms with Crippen LogP contribution in [-0.2, 0) is 22.3 Å². The molecule has 0 aromatic heterocycles. The second-order valence-electron chi connectivity index (χ2n) is 6.63. The molecule has 4 nitrogen and oxygen atoms in total. The van der Waals surface area contributed by atoms with Gasteiger partial charge in [0.25, 0.3) is 0 Å². The lowest BCUT2D eigenvalue weighted by Gasteiger charge is -2.15. The Hall–Kier alpha value is -2.70. The molecule has 0 aliphatic rings. The molecule has 0 aliphatic heterocycles. The van der Waals surface area contributed by atoms with Crippen molar-refractivity contribution in [2.75, 3.05) is 0 Å². The summed E-state index contributed by atoms with van der Waals surface area (Å²) in [5.41, 5.74) is -0.0604. The van der Waals surface area contributed by atoms with E-state index in [1.807, 2.05) is 0 Å². The number of benzene rings is 2. The van der Waals surface area contributed by atoms with Crippen molar-refractivity contribution < 1.29 is 32.2 Å². The van der Waals surface area contributed by atoms with Crippen molar-refractivity contribution in [3.8, 4) is 11.5 Å². The largest absolute Gasteiger partial charge is 0.490 e. The van der Waals surface area contributed by atoms with Crippen LogP contribution in [0.3, 0.4) is 0 Å². The number of carbonyl (C=O) groups is 1. The number of esters is 1. The summed E-state index contributed by atoms with van der Waals surface area (Å²) in [5.74, 6) is 0.810. The zero-order valence-corrected chi connectivity index (χ0v) is 16.0.